The van der Waals surface area contributed by atoms with E-state index in [1.54, 1.807) is 25.5 Å². The van der Waals surface area contributed by atoms with Gasteiger partial charge in [0.1, 0.15) is 6.17 Å². The highest BCUT2D eigenvalue weighted by molar-refractivity contribution is 6.48. The van der Waals surface area contributed by atoms with Crippen molar-refractivity contribution in [1.82, 2.24) is 15.6 Å². The maximum Gasteiger partial charge on any atom is 0.303 e. The van der Waals surface area contributed by atoms with E-state index < -0.39 is 5.97 Å². The third-order valence-corrected chi connectivity index (χ3v) is 5.52. The molecule has 1 amide bonds. The van der Waals surface area contributed by atoms with Gasteiger partial charge in [0, 0.05) is 36.2 Å². The van der Waals surface area contributed by atoms with Crippen LogP contribution in [-0.2, 0) is 9.59 Å². The number of unbranched alkanes of at least 4 members (excludes halogenated alkanes) is 1. The molecule has 3 N–H and O–H groups in total. The highest BCUT2D eigenvalue weighted by atomic mass is 16.4. The monoisotopic (exact) mass is 461 g/mol. The fourth-order valence-electron chi connectivity index (χ4n) is 3.57. The van der Waals surface area contributed by atoms with Crippen LogP contribution in [0.2, 0.25) is 0 Å². The minimum atomic E-state index is -0.784. The summed E-state index contributed by atoms with van der Waals surface area (Å²) in [4.78, 5) is 37.0. The summed E-state index contributed by atoms with van der Waals surface area (Å²) in [5.41, 5.74) is 4.19. The molecule has 8 heteroatoms. The van der Waals surface area contributed by atoms with Crippen LogP contribution in [0.3, 0.4) is 0 Å². The average Bonchev–Trinajstić information content (AvgIpc) is 2.86. The molecular weight excluding hydrogens is 430 g/mol. The lowest BCUT2D eigenvalue weighted by Gasteiger charge is -2.22. The Kier molecular flexibility index (Phi) is 9.08. The van der Waals surface area contributed by atoms with Gasteiger partial charge in [-0.1, -0.05) is 30.3 Å². The average molecular weight is 462 g/mol. The number of nitrogens with zero attached hydrogens (tertiary/aromatic N) is 3. The molecule has 8 nitrogen and oxygen atoms in total. The van der Waals surface area contributed by atoms with Gasteiger partial charge in [0.15, 0.2) is 0 Å². The molecule has 2 unspecified atom stereocenters. The number of hydrogen-bond donors (Lipinski definition) is 3. The van der Waals surface area contributed by atoms with E-state index in [1.807, 2.05) is 49.4 Å². The van der Waals surface area contributed by atoms with Crippen LogP contribution in [0.15, 0.2) is 76.6 Å². The van der Waals surface area contributed by atoms with Crippen LogP contribution in [0.25, 0.3) is 0 Å². The molecule has 2 atom stereocenters. The van der Waals surface area contributed by atoms with Gasteiger partial charge in [-0.2, -0.15) is 0 Å². The molecule has 178 valence electrons. The van der Waals surface area contributed by atoms with E-state index in [2.05, 4.69) is 15.6 Å². The van der Waals surface area contributed by atoms with E-state index in [1.165, 1.54) is 0 Å². The third-order valence-electron chi connectivity index (χ3n) is 5.52. The van der Waals surface area contributed by atoms with Crippen molar-refractivity contribution in [2.75, 3.05) is 6.54 Å². The van der Waals surface area contributed by atoms with Crippen molar-refractivity contribution in [3.05, 3.63) is 77.8 Å². The van der Waals surface area contributed by atoms with E-state index in [-0.39, 0.29) is 24.5 Å². The Bertz CT molecular complexity index is 1060. The molecule has 0 saturated carbocycles. The molecule has 2 heterocycles. The maximum atomic E-state index is 12.6. The summed E-state index contributed by atoms with van der Waals surface area (Å²) in [5, 5.41) is 15.1. The number of carboxylic acids is 1. The predicted molar refractivity (Wildman–Crippen MR) is 133 cm³/mol. The lowest BCUT2D eigenvalue weighted by Crippen LogP contribution is -2.35. The highest BCUT2D eigenvalue weighted by Crippen LogP contribution is 2.15. The second-order valence-corrected chi connectivity index (χ2v) is 8.22. The number of amides is 1. The van der Waals surface area contributed by atoms with Crippen LogP contribution in [-0.4, -0.2) is 46.1 Å². The molecule has 1 aliphatic rings. The van der Waals surface area contributed by atoms with Crippen LogP contribution < -0.4 is 10.6 Å². The number of pyridine rings is 1. The summed E-state index contributed by atoms with van der Waals surface area (Å²) >= 11 is 0. The maximum absolute atomic E-state index is 12.6. The van der Waals surface area contributed by atoms with E-state index in [4.69, 9.17) is 15.1 Å². The molecule has 0 bridgehead atoms. The van der Waals surface area contributed by atoms with E-state index in [0.29, 0.717) is 25.0 Å². The van der Waals surface area contributed by atoms with Gasteiger partial charge in [0.05, 0.1) is 24.0 Å². The van der Waals surface area contributed by atoms with Gasteiger partial charge in [-0.25, -0.2) is 0 Å². The summed E-state index contributed by atoms with van der Waals surface area (Å²) in [6.45, 7) is 4.13. The second kappa shape index (κ2) is 12.4. The van der Waals surface area contributed by atoms with Gasteiger partial charge in [-0.3, -0.25) is 24.6 Å². The molecule has 1 aromatic carbocycles. The molecule has 0 aliphatic carbocycles. The summed E-state index contributed by atoms with van der Waals surface area (Å²) in [6.07, 6.45) is 6.97. The fraction of sp³-hybridized carbons (Fsp3) is 0.346. The minimum absolute atomic E-state index is 0.135. The molecule has 1 aromatic heterocycles. The first kappa shape index (κ1) is 24.8. The third kappa shape index (κ3) is 7.37. The zero-order chi connectivity index (χ0) is 24.3. The molecule has 3 rings (SSSR count). The lowest BCUT2D eigenvalue weighted by molar-refractivity contribution is -0.137. The van der Waals surface area contributed by atoms with Crippen LogP contribution in [0.5, 0.6) is 0 Å². The molecule has 34 heavy (non-hydrogen) atoms. The van der Waals surface area contributed by atoms with Gasteiger partial charge < -0.3 is 15.7 Å². The molecule has 0 saturated heterocycles. The van der Waals surface area contributed by atoms with Crippen LogP contribution in [0.1, 0.15) is 56.7 Å². The molecule has 0 fully saturated rings. The Hall–Kier alpha value is -3.81. The van der Waals surface area contributed by atoms with Gasteiger partial charge in [-0.15, -0.1) is 0 Å². The fourth-order valence-corrected chi connectivity index (χ4v) is 3.57. The van der Waals surface area contributed by atoms with E-state index in [0.717, 1.165) is 29.0 Å². The Morgan fingerprint density at radius 2 is 1.88 bits per heavy atom. The van der Waals surface area contributed by atoms with Gasteiger partial charge in [0.2, 0.25) is 5.91 Å². The quantitative estimate of drug-likeness (QED) is 0.349. The Morgan fingerprint density at radius 1 is 1.15 bits per heavy atom. The first-order valence-corrected chi connectivity index (χ1v) is 11.5. The molecule has 0 spiro atoms. The number of aliphatic imine (C=N–C) groups is 2. The second-order valence-electron chi connectivity index (χ2n) is 8.22. The van der Waals surface area contributed by atoms with Crippen molar-refractivity contribution < 1.29 is 14.7 Å². The van der Waals surface area contributed by atoms with Crippen LogP contribution >= 0.6 is 0 Å². The van der Waals surface area contributed by atoms with Crippen LogP contribution in [0, 0.1) is 0 Å². The Morgan fingerprint density at radius 3 is 2.59 bits per heavy atom. The van der Waals surface area contributed by atoms with Crippen molar-refractivity contribution in [2.24, 2.45) is 9.98 Å². The van der Waals surface area contributed by atoms with Gasteiger partial charge >= 0.3 is 5.97 Å². The Balaban J connectivity index is 1.63. The number of carbonyl (C=O) groups excluding carboxylic acids is 1. The number of aromatic nitrogens is 1. The number of hydrogen-bond acceptors (Lipinski definition) is 6. The van der Waals surface area contributed by atoms with Crippen molar-refractivity contribution in [2.45, 2.75) is 51.7 Å². The topological polar surface area (TPSA) is 116 Å². The predicted octanol–water partition coefficient (Wildman–Crippen LogP) is 3.67. The molecule has 1 aliphatic heterocycles. The smallest absolute Gasteiger partial charge is 0.303 e. The number of benzene rings is 1. The molecule has 0 radical (unpaired) electrons. The number of nitrogens with one attached hydrogen (secondary N) is 2. The summed E-state index contributed by atoms with van der Waals surface area (Å²) in [7, 11) is 0. The van der Waals surface area contributed by atoms with E-state index >= 15 is 0 Å². The number of rotatable bonds is 11. The van der Waals surface area contributed by atoms with E-state index in [9.17, 15) is 9.59 Å². The van der Waals surface area contributed by atoms with Crippen molar-refractivity contribution >= 4 is 23.3 Å². The summed E-state index contributed by atoms with van der Waals surface area (Å²) < 4.78 is 0. The normalized spacial score (nSPS) is 16.8. The SMILES string of the molecule is C/C(=C\NC1CN=C(CCCCC(=O)O)C(c2ccccc2)=N1)C(=O)NC(C)c1ccncc1. The lowest BCUT2D eigenvalue weighted by atomic mass is 9.99. The minimum Gasteiger partial charge on any atom is -0.481 e. The van der Waals surface area contributed by atoms with Crippen molar-refractivity contribution in [3.63, 3.8) is 0 Å². The highest BCUT2D eigenvalue weighted by Gasteiger charge is 2.20. The van der Waals surface area contributed by atoms with Crippen LogP contribution in [0.4, 0.5) is 0 Å². The standard InChI is InChI=1S/C26H31N5O3/c1-18(26(34)30-19(2)20-12-14-27-15-13-20)16-29-23-17-28-22(10-6-7-11-24(32)33)25(31-23)21-8-4-3-5-9-21/h3-5,8-9,12-16,19,23,29H,6-7,10-11,17H2,1-2H3,(H,30,34)(H,32,33)/b18-16+. The largest absolute Gasteiger partial charge is 0.481 e. The summed E-state index contributed by atoms with van der Waals surface area (Å²) in [6, 6.07) is 13.5. The number of aliphatic carboxylic acids is 1. The van der Waals surface area contributed by atoms with Gasteiger partial charge in [-0.05, 0) is 50.8 Å². The number of carboxylic acid groups (broad SMARTS) is 1. The number of carbonyl (C=O) groups is 2. The first-order chi connectivity index (χ1) is 16.4. The zero-order valence-electron chi connectivity index (χ0n) is 19.6. The molecule has 2 aromatic rings. The van der Waals surface area contributed by atoms with Crippen molar-refractivity contribution in [1.29, 1.82) is 0 Å². The van der Waals surface area contributed by atoms with Crippen molar-refractivity contribution in [3.8, 4) is 0 Å². The zero-order valence-corrected chi connectivity index (χ0v) is 19.6. The first-order valence-electron chi connectivity index (χ1n) is 11.5. The van der Waals surface area contributed by atoms with Gasteiger partial charge in [0.25, 0.3) is 0 Å². The summed E-state index contributed by atoms with van der Waals surface area (Å²) in [5.74, 6) is -0.948. The Labute approximate surface area is 199 Å². The molecular formula is C26H31N5O3.